The van der Waals surface area contributed by atoms with Gasteiger partial charge in [-0.3, -0.25) is 9.59 Å². The van der Waals surface area contributed by atoms with Crippen molar-refractivity contribution in [1.82, 2.24) is 10.6 Å². The highest BCUT2D eigenvalue weighted by molar-refractivity contribution is 6.09. The van der Waals surface area contributed by atoms with Gasteiger partial charge >= 0.3 is 0 Å². The summed E-state index contributed by atoms with van der Waals surface area (Å²) in [5.74, 6) is -0.283. The number of hydrogen-bond donors (Lipinski definition) is 2. The molecule has 0 atom stereocenters. The van der Waals surface area contributed by atoms with Crippen LogP contribution in [0.5, 0.6) is 0 Å². The number of carbonyl (C=O) groups is 2. The van der Waals surface area contributed by atoms with E-state index in [2.05, 4.69) is 10.6 Å². The molecule has 0 spiro atoms. The second-order valence-electron chi connectivity index (χ2n) is 7.22. The lowest BCUT2D eigenvalue weighted by atomic mass is 9.79. The lowest BCUT2D eigenvalue weighted by Gasteiger charge is -2.37. The summed E-state index contributed by atoms with van der Waals surface area (Å²) in [6.45, 7) is 2.96. The molecule has 0 saturated carbocycles. The van der Waals surface area contributed by atoms with Crippen molar-refractivity contribution in [2.24, 2.45) is 5.41 Å². The highest BCUT2D eigenvalue weighted by Crippen LogP contribution is 2.29. The molecule has 1 aromatic heterocycles. The number of anilines is 1. The Hall–Kier alpha value is -2.35. The predicted molar refractivity (Wildman–Crippen MR) is 114 cm³/mol. The molecular weight excluding hydrogens is 394 g/mol. The van der Waals surface area contributed by atoms with Crippen molar-refractivity contribution < 1.29 is 18.7 Å². The smallest absolute Gasteiger partial charge is 0.293 e. The van der Waals surface area contributed by atoms with E-state index in [4.69, 9.17) is 9.15 Å². The number of rotatable bonds is 7. The monoisotopic (exact) mass is 421 g/mol. The summed E-state index contributed by atoms with van der Waals surface area (Å²) in [6, 6.07) is 10.3. The average molecular weight is 422 g/mol. The van der Waals surface area contributed by atoms with Gasteiger partial charge in [-0.25, -0.2) is 0 Å². The summed E-state index contributed by atoms with van der Waals surface area (Å²) in [4.78, 5) is 27.0. The highest BCUT2D eigenvalue weighted by atomic mass is 35.5. The van der Waals surface area contributed by atoms with E-state index in [9.17, 15) is 9.59 Å². The highest BCUT2D eigenvalue weighted by Gasteiger charge is 2.33. The molecule has 1 aromatic carbocycles. The molecule has 0 unspecified atom stereocenters. The van der Waals surface area contributed by atoms with Crippen LogP contribution in [0.15, 0.2) is 47.1 Å². The number of halogens is 1. The summed E-state index contributed by atoms with van der Waals surface area (Å²) in [6.07, 6.45) is 3.34. The first-order valence-electron chi connectivity index (χ1n) is 9.45. The molecule has 1 aliphatic rings. The van der Waals surface area contributed by atoms with Crippen LogP contribution in [0, 0.1) is 5.41 Å². The van der Waals surface area contributed by atoms with Crippen molar-refractivity contribution in [3.63, 3.8) is 0 Å². The minimum absolute atomic E-state index is 0. The molecule has 7 nitrogen and oxygen atoms in total. The average Bonchev–Trinajstić information content (AvgIpc) is 3.27. The van der Waals surface area contributed by atoms with Gasteiger partial charge in [0.25, 0.3) is 11.8 Å². The SMILES string of the molecule is COCC1(CNC(=O)c2ccccc2N(C)C(=O)c2ccco2)CCNCC1.Cl. The van der Waals surface area contributed by atoms with Gasteiger partial charge in [-0.15, -0.1) is 12.4 Å². The Morgan fingerprint density at radius 3 is 2.59 bits per heavy atom. The third kappa shape index (κ3) is 5.38. The number of methoxy groups -OCH3 is 1. The number of amides is 2. The van der Waals surface area contributed by atoms with Crippen molar-refractivity contribution in [3.8, 4) is 0 Å². The number of nitrogens with zero attached hydrogens (tertiary/aromatic N) is 1. The van der Waals surface area contributed by atoms with Gasteiger partial charge in [-0.2, -0.15) is 0 Å². The Morgan fingerprint density at radius 1 is 1.21 bits per heavy atom. The molecule has 0 radical (unpaired) electrons. The van der Waals surface area contributed by atoms with Gasteiger partial charge < -0.3 is 24.7 Å². The summed E-state index contributed by atoms with van der Waals surface area (Å²) in [5, 5.41) is 6.40. The van der Waals surface area contributed by atoms with E-state index in [-0.39, 0.29) is 35.4 Å². The number of carbonyl (C=O) groups excluding carboxylic acids is 2. The van der Waals surface area contributed by atoms with E-state index in [1.165, 1.54) is 11.2 Å². The number of piperidine rings is 1. The zero-order valence-corrected chi connectivity index (χ0v) is 17.6. The minimum atomic E-state index is -0.306. The zero-order chi connectivity index (χ0) is 20.0. The van der Waals surface area contributed by atoms with Crippen LogP contribution in [0.1, 0.15) is 33.8 Å². The van der Waals surface area contributed by atoms with Gasteiger partial charge in [0, 0.05) is 26.1 Å². The maximum Gasteiger partial charge on any atom is 0.293 e. The van der Waals surface area contributed by atoms with E-state index in [1.807, 2.05) is 0 Å². The molecule has 1 saturated heterocycles. The summed E-state index contributed by atoms with van der Waals surface area (Å²) in [7, 11) is 3.33. The first kappa shape index (κ1) is 22.9. The molecule has 8 heteroatoms. The quantitative estimate of drug-likeness (QED) is 0.718. The first-order chi connectivity index (χ1) is 13.6. The maximum atomic E-state index is 12.9. The van der Waals surface area contributed by atoms with Gasteiger partial charge in [0.1, 0.15) is 0 Å². The third-order valence-electron chi connectivity index (χ3n) is 5.29. The van der Waals surface area contributed by atoms with Crippen LogP contribution in [-0.4, -0.2) is 52.2 Å². The summed E-state index contributed by atoms with van der Waals surface area (Å²) >= 11 is 0. The molecule has 2 aromatic rings. The Balaban J connectivity index is 0.00000300. The summed E-state index contributed by atoms with van der Waals surface area (Å²) in [5.41, 5.74) is 0.916. The fourth-order valence-corrected chi connectivity index (χ4v) is 3.63. The Kier molecular flexibility index (Phi) is 8.25. The number of nitrogens with one attached hydrogen (secondary N) is 2. The van der Waals surface area contributed by atoms with Crippen LogP contribution in [0.3, 0.4) is 0 Å². The number of hydrogen-bond acceptors (Lipinski definition) is 5. The van der Waals surface area contributed by atoms with Crippen molar-refractivity contribution >= 4 is 29.9 Å². The van der Waals surface area contributed by atoms with Crippen LogP contribution in [-0.2, 0) is 4.74 Å². The van der Waals surface area contributed by atoms with Crippen LogP contribution in [0.2, 0.25) is 0 Å². The Morgan fingerprint density at radius 2 is 1.93 bits per heavy atom. The molecule has 2 heterocycles. The van der Waals surface area contributed by atoms with E-state index >= 15 is 0 Å². The van der Waals surface area contributed by atoms with E-state index in [0.29, 0.717) is 24.4 Å². The van der Waals surface area contributed by atoms with Gasteiger partial charge in [-0.1, -0.05) is 12.1 Å². The largest absolute Gasteiger partial charge is 0.459 e. The van der Waals surface area contributed by atoms with Crippen molar-refractivity contribution in [2.45, 2.75) is 12.8 Å². The van der Waals surface area contributed by atoms with Gasteiger partial charge in [0.2, 0.25) is 0 Å². The molecule has 29 heavy (non-hydrogen) atoms. The first-order valence-corrected chi connectivity index (χ1v) is 9.45. The molecule has 2 amide bonds. The molecule has 0 aliphatic carbocycles. The maximum absolute atomic E-state index is 12.9. The third-order valence-corrected chi connectivity index (χ3v) is 5.29. The number of ether oxygens (including phenoxy) is 1. The fraction of sp³-hybridized carbons (Fsp3) is 0.429. The van der Waals surface area contributed by atoms with Gasteiger partial charge in [0.15, 0.2) is 5.76 Å². The molecule has 3 rings (SSSR count). The van der Waals surface area contributed by atoms with E-state index in [0.717, 1.165) is 25.9 Å². The van der Waals surface area contributed by atoms with Crippen molar-refractivity contribution in [2.75, 3.05) is 45.3 Å². The lowest BCUT2D eigenvalue weighted by molar-refractivity contribution is 0.0512. The number of benzene rings is 1. The number of para-hydroxylation sites is 1. The van der Waals surface area contributed by atoms with E-state index < -0.39 is 0 Å². The minimum Gasteiger partial charge on any atom is -0.459 e. The van der Waals surface area contributed by atoms with Gasteiger partial charge in [0.05, 0.1) is 24.1 Å². The second kappa shape index (κ2) is 10.4. The van der Waals surface area contributed by atoms with E-state index in [1.54, 1.807) is 50.6 Å². The fourth-order valence-electron chi connectivity index (χ4n) is 3.63. The molecule has 1 aliphatic heterocycles. The lowest BCUT2D eigenvalue weighted by Crippen LogP contribution is -2.47. The Labute approximate surface area is 177 Å². The van der Waals surface area contributed by atoms with Crippen LogP contribution in [0.4, 0.5) is 5.69 Å². The Bertz CT molecular complexity index is 799. The zero-order valence-electron chi connectivity index (χ0n) is 16.8. The van der Waals surface area contributed by atoms with Crippen LogP contribution < -0.4 is 15.5 Å². The molecule has 2 N–H and O–H groups in total. The standard InChI is InChI=1S/C21H27N3O4.ClH/c1-24(20(26)18-8-5-13-28-18)17-7-4-3-6-16(17)19(25)23-14-21(15-27-2)9-11-22-12-10-21;/h3-8,13,22H,9-12,14-15H2,1-2H3,(H,23,25);1H. The summed E-state index contributed by atoms with van der Waals surface area (Å²) < 4.78 is 10.6. The molecule has 0 bridgehead atoms. The van der Waals surface area contributed by atoms with Crippen molar-refractivity contribution in [1.29, 1.82) is 0 Å². The normalized spacial score (nSPS) is 15.2. The molecule has 158 valence electrons. The molecular formula is C21H28ClN3O4. The van der Waals surface area contributed by atoms with Crippen LogP contribution >= 0.6 is 12.4 Å². The van der Waals surface area contributed by atoms with Crippen LogP contribution in [0.25, 0.3) is 0 Å². The predicted octanol–water partition coefficient (Wildman–Crippen LogP) is 2.72. The second-order valence-corrected chi connectivity index (χ2v) is 7.22. The topological polar surface area (TPSA) is 83.8 Å². The van der Waals surface area contributed by atoms with Gasteiger partial charge in [-0.05, 0) is 50.2 Å². The van der Waals surface area contributed by atoms with Crippen molar-refractivity contribution in [3.05, 3.63) is 54.0 Å². The molecule has 1 fully saturated rings. The number of furan rings is 1.